The van der Waals surface area contributed by atoms with Crippen LogP contribution in [0.1, 0.15) is 25.0 Å². The molecule has 0 N–H and O–H groups in total. The molecule has 1 nitrogen and oxygen atoms in total. The summed E-state index contributed by atoms with van der Waals surface area (Å²) in [5, 5.41) is 5.06. The van der Waals surface area contributed by atoms with E-state index in [0.29, 0.717) is 0 Å². The molecule has 0 aliphatic heterocycles. The molecule has 0 bridgehead atoms. The third-order valence-electron chi connectivity index (χ3n) is 11.4. The first kappa shape index (κ1) is 32.0. The van der Waals surface area contributed by atoms with Gasteiger partial charge in [-0.05, 0) is 90.5 Å². The van der Waals surface area contributed by atoms with Crippen molar-refractivity contribution in [1.82, 2.24) is 0 Å². The highest BCUT2D eigenvalue weighted by Crippen LogP contribution is 2.55. The molecule has 1 heteroatoms. The van der Waals surface area contributed by atoms with Crippen molar-refractivity contribution in [3.8, 4) is 44.5 Å². The van der Waals surface area contributed by atoms with Gasteiger partial charge < -0.3 is 4.90 Å². The van der Waals surface area contributed by atoms with Crippen molar-refractivity contribution < 1.29 is 0 Å². The summed E-state index contributed by atoms with van der Waals surface area (Å²) in [5.41, 5.74) is 16.0. The normalized spacial score (nSPS) is 12.8. The first-order chi connectivity index (χ1) is 26.6. The predicted octanol–water partition coefficient (Wildman–Crippen LogP) is 14.8. The summed E-state index contributed by atoms with van der Waals surface area (Å²) < 4.78 is 0. The summed E-state index contributed by atoms with van der Waals surface area (Å²) in [6, 6.07) is 73.3. The van der Waals surface area contributed by atoms with E-state index < -0.39 is 0 Å². The maximum absolute atomic E-state index is 2.49. The van der Waals surface area contributed by atoms with Crippen LogP contribution in [0.2, 0.25) is 0 Å². The summed E-state index contributed by atoms with van der Waals surface area (Å²) in [7, 11) is 0. The summed E-state index contributed by atoms with van der Waals surface area (Å²) in [5.74, 6) is 0. The Balaban J connectivity index is 1.21. The van der Waals surface area contributed by atoms with Crippen LogP contribution in [0.5, 0.6) is 0 Å². The first-order valence-corrected chi connectivity index (χ1v) is 18.9. The third kappa shape index (κ3) is 5.08. The first-order valence-electron chi connectivity index (χ1n) is 18.9. The van der Waals surface area contributed by atoms with Crippen LogP contribution in [-0.4, -0.2) is 0 Å². The molecule has 0 saturated carbocycles. The van der Waals surface area contributed by atoms with E-state index in [1.807, 2.05) is 0 Å². The second kappa shape index (κ2) is 12.8. The minimum atomic E-state index is -0.116. The van der Waals surface area contributed by atoms with Crippen LogP contribution in [0.3, 0.4) is 0 Å². The topological polar surface area (TPSA) is 3.24 Å². The van der Waals surface area contributed by atoms with Crippen LogP contribution in [-0.2, 0) is 5.41 Å². The minimum Gasteiger partial charge on any atom is -0.309 e. The maximum atomic E-state index is 2.49. The minimum absolute atomic E-state index is 0.116. The lowest BCUT2D eigenvalue weighted by molar-refractivity contribution is 0.666. The van der Waals surface area contributed by atoms with Crippen molar-refractivity contribution in [2.75, 3.05) is 4.90 Å². The second-order valence-electron chi connectivity index (χ2n) is 14.9. The predicted molar refractivity (Wildman–Crippen MR) is 230 cm³/mol. The fraction of sp³-hybridized carbons (Fsp3) is 0.0566. The number of rotatable bonds is 6. The Morgan fingerprint density at radius 2 is 0.889 bits per heavy atom. The molecule has 1 aliphatic rings. The molecule has 0 atom stereocenters. The Hall–Kier alpha value is -6.70. The van der Waals surface area contributed by atoms with Gasteiger partial charge in [-0.3, -0.25) is 0 Å². The number of fused-ring (bicyclic) bond motifs is 6. The zero-order valence-corrected chi connectivity index (χ0v) is 30.5. The Morgan fingerprint density at radius 3 is 1.57 bits per heavy atom. The lowest BCUT2D eigenvalue weighted by Crippen LogP contribution is -2.16. The molecule has 0 unspecified atom stereocenters. The smallest absolute Gasteiger partial charge is 0.0546 e. The van der Waals surface area contributed by atoms with E-state index >= 15 is 0 Å². The Kier molecular flexibility index (Phi) is 7.56. The molecule has 9 aromatic rings. The number of nitrogens with zero attached hydrogens (tertiary/aromatic N) is 1. The van der Waals surface area contributed by atoms with Gasteiger partial charge in [0, 0.05) is 22.1 Å². The molecule has 0 spiro atoms. The lowest BCUT2D eigenvalue weighted by atomic mass is 9.80. The van der Waals surface area contributed by atoms with Crippen molar-refractivity contribution in [2.45, 2.75) is 19.3 Å². The molecule has 256 valence electrons. The average Bonchev–Trinajstić information content (AvgIpc) is 3.47. The van der Waals surface area contributed by atoms with Gasteiger partial charge in [0.05, 0.1) is 11.4 Å². The number of para-hydroxylation sites is 1. The van der Waals surface area contributed by atoms with E-state index in [0.717, 1.165) is 11.4 Å². The molecule has 0 fully saturated rings. The SMILES string of the molecule is CC1(C)c2ccccc2-c2cc(N(c3ccc(-c4cccc5cccc(-c6ccccc6)c45)cc3)c3ccccc3-c3ccccc3)c3ccccc3c21. The molecule has 0 radical (unpaired) electrons. The van der Waals surface area contributed by atoms with Gasteiger partial charge in [0.15, 0.2) is 0 Å². The molecular formula is C53H39N. The van der Waals surface area contributed by atoms with Gasteiger partial charge in [-0.2, -0.15) is 0 Å². The molecule has 9 aromatic carbocycles. The zero-order valence-electron chi connectivity index (χ0n) is 30.5. The van der Waals surface area contributed by atoms with Gasteiger partial charge in [-0.1, -0.05) is 190 Å². The number of benzene rings is 9. The summed E-state index contributed by atoms with van der Waals surface area (Å²) in [6.07, 6.45) is 0. The maximum Gasteiger partial charge on any atom is 0.0546 e. The van der Waals surface area contributed by atoms with Crippen LogP contribution >= 0.6 is 0 Å². The highest BCUT2D eigenvalue weighted by Gasteiger charge is 2.38. The van der Waals surface area contributed by atoms with E-state index in [9.17, 15) is 0 Å². The molecule has 0 heterocycles. The third-order valence-corrected chi connectivity index (χ3v) is 11.4. The molecule has 1 aliphatic carbocycles. The number of hydrogen-bond acceptors (Lipinski definition) is 1. The molecular weight excluding hydrogens is 651 g/mol. The Bertz CT molecular complexity index is 2830. The van der Waals surface area contributed by atoms with Crippen molar-refractivity contribution in [3.63, 3.8) is 0 Å². The zero-order chi connectivity index (χ0) is 36.2. The molecule has 0 saturated heterocycles. The van der Waals surface area contributed by atoms with Crippen molar-refractivity contribution in [1.29, 1.82) is 0 Å². The lowest BCUT2D eigenvalue weighted by Gasteiger charge is -2.31. The fourth-order valence-corrected chi connectivity index (χ4v) is 8.99. The Labute approximate surface area is 317 Å². The van der Waals surface area contributed by atoms with Crippen molar-refractivity contribution in [2.24, 2.45) is 0 Å². The highest BCUT2D eigenvalue weighted by atomic mass is 15.1. The van der Waals surface area contributed by atoms with Gasteiger partial charge in [0.1, 0.15) is 0 Å². The van der Waals surface area contributed by atoms with Crippen molar-refractivity contribution >= 4 is 38.6 Å². The van der Waals surface area contributed by atoms with Crippen LogP contribution in [0.4, 0.5) is 17.1 Å². The fourth-order valence-electron chi connectivity index (χ4n) is 8.99. The van der Waals surface area contributed by atoms with Crippen molar-refractivity contribution in [3.05, 3.63) is 211 Å². The van der Waals surface area contributed by atoms with E-state index in [1.165, 1.54) is 82.9 Å². The van der Waals surface area contributed by atoms with Crippen LogP contribution in [0.15, 0.2) is 200 Å². The summed E-state index contributed by atoms with van der Waals surface area (Å²) in [6.45, 7) is 4.75. The van der Waals surface area contributed by atoms with E-state index in [2.05, 4.69) is 219 Å². The number of anilines is 3. The van der Waals surface area contributed by atoms with Gasteiger partial charge >= 0.3 is 0 Å². The van der Waals surface area contributed by atoms with Crippen LogP contribution < -0.4 is 4.90 Å². The van der Waals surface area contributed by atoms with E-state index in [4.69, 9.17) is 0 Å². The average molecular weight is 690 g/mol. The molecule has 10 rings (SSSR count). The largest absolute Gasteiger partial charge is 0.309 e. The standard InChI is InChI=1S/C53H39N/c1-53(2)48-29-13-11-24-44(48)47-35-50(45-25-9-10-26-46(45)52(47)53)54(49-30-14-12-23-41(49)36-17-5-3-6-18-36)40-33-31-38(32-34-40)43-28-16-22-39-21-15-27-42(51(39)43)37-19-7-4-8-20-37/h3-35H,1-2H3. The second-order valence-corrected chi connectivity index (χ2v) is 14.9. The van der Waals surface area contributed by atoms with Crippen LogP contribution in [0, 0.1) is 0 Å². The monoisotopic (exact) mass is 689 g/mol. The molecule has 0 aromatic heterocycles. The van der Waals surface area contributed by atoms with Gasteiger partial charge in [-0.25, -0.2) is 0 Å². The number of hydrogen-bond donors (Lipinski definition) is 0. The summed E-state index contributed by atoms with van der Waals surface area (Å²) >= 11 is 0. The molecule has 0 amide bonds. The highest BCUT2D eigenvalue weighted by molar-refractivity contribution is 6.09. The van der Waals surface area contributed by atoms with E-state index in [-0.39, 0.29) is 5.41 Å². The Morgan fingerprint density at radius 1 is 0.370 bits per heavy atom. The van der Waals surface area contributed by atoms with Gasteiger partial charge in [0.25, 0.3) is 0 Å². The summed E-state index contributed by atoms with van der Waals surface area (Å²) in [4.78, 5) is 2.49. The molecule has 54 heavy (non-hydrogen) atoms. The van der Waals surface area contributed by atoms with Gasteiger partial charge in [0.2, 0.25) is 0 Å². The van der Waals surface area contributed by atoms with Crippen LogP contribution in [0.25, 0.3) is 66.1 Å². The quantitative estimate of drug-likeness (QED) is 0.168. The van der Waals surface area contributed by atoms with Gasteiger partial charge in [-0.15, -0.1) is 0 Å². The van der Waals surface area contributed by atoms with E-state index in [1.54, 1.807) is 0 Å².